The molecular weight excluding hydrogens is 662 g/mol. The van der Waals surface area contributed by atoms with Crippen molar-refractivity contribution < 1.29 is 37.6 Å². The number of nitrogens with zero attached hydrogens (tertiary/aromatic N) is 5. The highest BCUT2D eigenvalue weighted by Crippen LogP contribution is 2.47. The summed E-state index contributed by atoms with van der Waals surface area (Å²) in [5, 5.41) is 14.4. The van der Waals surface area contributed by atoms with Crippen molar-refractivity contribution in [1.29, 1.82) is 0 Å². The van der Waals surface area contributed by atoms with Crippen molar-refractivity contribution in [2.75, 3.05) is 70.7 Å². The monoisotopic (exact) mass is 698 g/mol. The van der Waals surface area contributed by atoms with Gasteiger partial charge in [-0.2, -0.15) is 9.97 Å². The average molecular weight is 699 g/mol. The van der Waals surface area contributed by atoms with Gasteiger partial charge in [0.1, 0.15) is 40.6 Å². The number of phenols is 1. The van der Waals surface area contributed by atoms with Crippen LogP contribution in [0.4, 0.5) is 14.6 Å². The molecule has 1 saturated carbocycles. The van der Waals surface area contributed by atoms with Gasteiger partial charge in [0.2, 0.25) is 11.8 Å². The number of benzene rings is 2. The van der Waals surface area contributed by atoms with E-state index in [1.807, 2.05) is 4.90 Å². The molecule has 0 radical (unpaired) electrons. The number of hydrogen-bond acceptors (Lipinski definition) is 11. The lowest BCUT2D eigenvalue weighted by Crippen LogP contribution is -2.55. The molecule has 1 amide bonds. The molecule has 2 atom stereocenters. The van der Waals surface area contributed by atoms with Crippen molar-refractivity contribution in [1.82, 2.24) is 25.2 Å². The SMILES string of the molecule is C#Cc1c(F)ccc2cc(O)cc(-c3nc4c5c(nc(OCC6(CN7CCOCC7)CC6)nc5c3F)N3CCOC[C@H](NC(=O)C=C)[C@H]3CO4)c12. The number of nitrogens with one attached hydrogen (secondary N) is 1. The summed E-state index contributed by atoms with van der Waals surface area (Å²) in [7, 11) is 0. The third-order valence-electron chi connectivity index (χ3n) is 10.1. The van der Waals surface area contributed by atoms with Gasteiger partial charge in [-0.15, -0.1) is 6.42 Å². The van der Waals surface area contributed by atoms with E-state index in [9.17, 15) is 9.90 Å². The molecule has 0 bridgehead atoms. The number of rotatable bonds is 8. The Labute approximate surface area is 292 Å². The normalized spacial score (nSPS) is 21.2. The molecule has 264 valence electrons. The van der Waals surface area contributed by atoms with Crippen molar-refractivity contribution in [3.63, 3.8) is 0 Å². The standard InChI is InChI=1S/C37H36F2N6O6/c1-3-23-25(38)6-5-21-15-22(46)16-24(29(21)23)32-31(39)33-30-34(43-36(42-33)51-20-37(7-8-37)19-44-9-12-48-13-10-44)45-11-14-49-17-26(40-28(47)4-2)27(45)18-50-35(30)41-32/h1,4-6,15-16,26-27,46H,2,7-14,17-20H2,(H,40,47)/t26-,27+/m0/s1. The first-order chi connectivity index (χ1) is 24.8. The van der Waals surface area contributed by atoms with E-state index >= 15 is 8.78 Å². The minimum Gasteiger partial charge on any atom is -0.508 e. The molecular formula is C37H36F2N6O6. The zero-order valence-electron chi connectivity index (χ0n) is 27.8. The second-order valence-corrected chi connectivity index (χ2v) is 13.4. The molecule has 2 aromatic carbocycles. The molecule has 2 saturated heterocycles. The Hall–Kier alpha value is -5.10. The second-order valence-electron chi connectivity index (χ2n) is 13.4. The highest BCUT2D eigenvalue weighted by Gasteiger charge is 2.45. The molecule has 4 aliphatic rings. The highest BCUT2D eigenvalue weighted by molar-refractivity contribution is 6.04. The molecule has 4 aromatic rings. The minimum atomic E-state index is -0.861. The van der Waals surface area contributed by atoms with E-state index in [-0.39, 0.29) is 69.4 Å². The highest BCUT2D eigenvalue weighted by atomic mass is 19.1. The summed E-state index contributed by atoms with van der Waals surface area (Å²) in [4.78, 5) is 30.8. The summed E-state index contributed by atoms with van der Waals surface area (Å²) in [5.74, 6) is 0.570. The lowest BCUT2D eigenvalue weighted by Gasteiger charge is -2.33. The van der Waals surface area contributed by atoms with Crippen LogP contribution < -0.4 is 19.7 Å². The molecule has 0 unspecified atom stereocenters. The van der Waals surface area contributed by atoms with Gasteiger partial charge < -0.3 is 34.3 Å². The molecule has 2 N–H and O–H groups in total. The van der Waals surface area contributed by atoms with Gasteiger partial charge in [-0.25, -0.2) is 13.8 Å². The number of aromatic hydroxyl groups is 1. The van der Waals surface area contributed by atoms with Crippen LogP contribution in [0.2, 0.25) is 0 Å². The fourth-order valence-corrected chi connectivity index (χ4v) is 7.27. The third-order valence-corrected chi connectivity index (χ3v) is 10.1. The summed E-state index contributed by atoms with van der Waals surface area (Å²) in [6, 6.07) is 4.25. The van der Waals surface area contributed by atoms with E-state index < -0.39 is 29.6 Å². The summed E-state index contributed by atoms with van der Waals surface area (Å²) in [6.45, 7) is 8.63. The van der Waals surface area contributed by atoms with Crippen molar-refractivity contribution >= 4 is 33.4 Å². The summed E-state index contributed by atoms with van der Waals surface area (Å²) >= 11 is 0. The van der Waals surface area contributed by atoms with Crippen LogP contribution in [0.3, 0.4) is 0 Å². The molecule has 14 heteroatoms. The summed E-state index contributed by atoms with van der Waals surface area (Å²) in [5.41, 5.74) is -0.521. The van der Waals surface area contributed by atoms with Gasteiger partial charge in [-0.05, 0) is 42.5 Å². The number of phenolic OH excluding ortho intramolecular Hbond substituents is 1. The zero-order valence-corrected chi connectivity index (χ0v) is 27.8. The predicted octanol–water partition coefficient (Wildman–Crippen LogP) is 3.57. The maximum atomic E-state index is 17.2. The molecule has 5 heterocycles. The first-order valence-corrected chi connectivity index (χ1v) is 16.9. The van der Waals surface area contributed by atoms with Crippen molar-refractivity contribution in [3.8, 4) is 41.2 Å². The maximum Gasteiger partial charge on any atom is 0.319 e. The van der Waals surface area contributed by atoms with E-state index in [0.717, 1.165) is 32.5 Å². The third kappa shape index (κ3) is 6.15. The number of carbonyl (C=O) groups is 1. The maximum absolute atomic E-state index is 17.2. The van der Waals surface area contributed by atoms with Crippen LogP contribution in [0.25, 0.3) is 32.9 Å². The number of anilines is 1. The molecule has 0 spiro atoms. The van der Waals surface area contributed by atoms with Crippen LogP contribution in [0.5, 0.6) is 17.6 Å². The smallest absolute Gasteiger partial charge is 0.319 e. The molecule has 51 heavy (non-hydrogen) atoms. The zero-order chi connectivity index (χ0) is 35.3. The fraction of sp³-hybridized carbons (Fsp3) is 0.405. The lowest BCUT2D eigenvalue weighted by atomic mass is 9.95. The molecule has 3 aliphatic heterocycles. The van der Waals surface area contributed by atoms with Crippen molar-refractivity contribution in [3.05, 3.63) is 54.1 Å². The number of pyridine rings is 1. The van der Waals surface area contributed by atoms with Gasteiger partial charge in [0.25, 0.3) is 0 Å². The van der Waals surface area contributed by atoms with E-state index in [1.54, 1.807) is 0 Å². The predicted molar refractivity (Wildman–Crippen MR) is 184 cm³/mol. The van der Waals surface area contributed by atoms with E-state index in [4.69, 9.17) is 30.4 Å². The van der Waals surface area contributed by atoms with Crippen LogP contribution in [-0.4, -0.2) is 109 Å². The van der Waals surface area contributed by atoms with Crippen LogP contribution >= 0.6 is 0 Å². The van der Waals surface area contributed by atoms with E-state index in [2.05, 4.69) is 32.7 Å². The van der Waals surface area contributed by atoms with Gasteiger partial charge in [0, 0.05) is 42.5 Å². The number of morpholine rings is 1. The number of aromatic nitrogens is 3. The van der Waals surface area contributed by atoms with Gasteiger partial charge in [0.05, 0.1) is 50.7 Å². The molecule has 3 fully saturated rings. The van der Waals surface area contributed by atoms with Crippen molar-refractivity contribution in [2.45, 2.75) is 24.9 Å². The number of fused-ring (bicyclic) bond motifs is 3. The Bertz CT molecular complexity index is 2100. The quantitative estimate of drug-likeness (QED) is 0.207. The van der Waals surface area contributed by atoms with Gasteiger partial charge >= 0.3 is 6.01 Å². The topological polar surface area (TPSA) is 131 Å². The number of amides is 1. The Morgan fingerprint density at radius 3 is 2.69 bits per heavy atom. The lowest BCUT2D eigenvalue weighted by molar-refractivity contribution is -0.117. The van der Waals surface area contributed by atoms with Crippen LogP contribution in [-0.2, 0) is 14.3 Å². The van der Waals surface area contributed by atoms with Gasteiger partial charge in [0.15, 0.2) is 5.82 Å². The Morgan fingerprint density at radius 2 is 1.92 bits per heavy atom. The Kier molecular flexibility index (Phi) is 8.57. The largest absolute Gasteiger partial charge is 0.508 e. The summed E-state index contributed by atoms with van der Waals surface area (Å²) in [6.07, 6.45) is 8.86. The van der Waals surface area contributed by atoms with Gasteiger partial charge in [-0.1, -0.05) is 18.6 Å². The minimum absolute atomic E-state index is 0.0128. The molecule has 12 nitrogen and oxygen atoms in total. The Morgan fingerprint density at radius 1 is 1.12 bits per heavy atom. The van der Waals surface area contributed by atoms with E-state index in [0.29, 0.717) is 44.2 Å². The number of terminal acetylenes is 1. The molecule has 2 aromatic heterocycles. The average Bonchev–Trinajstić information content (AvgIpc) is 3.95. The molecule has 1 aliphatic carbocycles. The number of halogens is 2. The number of ether oxygens (including phenoxy) is 4. The van der Waals surface area contributed by atoms with Crippen LogP contribution in [0, 0.1) is 29.4 Å². The number of hydrogen-bond donors (Lipinski definition) is 2. The van der Waals surface area contributed by atoms with E-state index in [1.165, 1.54) is 30.3 Å². The summed E-state index contributed by atoms with van der Waals surface area (Å²) < 4.78 is 56.2. The van der Waals surface area contributed by atoms with Gasteiger partial charge in [-0.3, -0.25) is 9.69 Å². The van der Waals surface area contributed by atoms with Crippen molar-refractivity contribution in [2.24, 2.45) is 5.41 Å². The second kappa shape index (κ2) is 13.2. The first-order valence-electron chi connectivity index (χ1n) is 16.9. The molecule has 8 rings (SSSR count). The Balaban J connectivity index is 1.28. The van der Waals surface area contributed by atoms with Crippen LogP contribution in [0.1, 0.15) is 18.4 Å². The first kappa shape index (κ1) is 33.1. The fourth-order valence-electron chi connectivity index (χ4n) is 7.27. The van der Waals surface area contributed by atoms with Crippen LogP contribution in [0.15, 0.2) is 36.9 Å². The number of carbonyl (C=O) groups excluding carboxylic acids is 1.